The summed E-state index contributed by atoms with van der Waals surface area (Å²) in [4.78, 5) is 11.8. The summed E-state index contributed by atoms with van der Waals surface area (Å²) in [5, 5.41) is 3.07. The van der Waals surface area contributed by atoms with Crippen LogP contribution in [0.2, 0.25) is 0 Å². The van der Waals surface area contributed by atoms with E-state index >= 15 is 0 Å². The van der Waals surface area contributed by atoms with Gasteiger partial charge in [0, 0.05) is 13.0 Å². The summed E-state index contributed by atoms with van der Waals surface area (Å²) in [7, 11) is 0. The van der Waals surface area contributed by atoms with Gasteiger partial charge in [0.15, 0.2) is 0 Å². The van der Waals surface area contributed by atoms with E-state index in [1.807, 2.05) is 13.8 Å². The first-order valence-electron chi connectivity index (χ1n) is 6.74. The average Bonchev–Trinajstić information content (AvgIpc) is 2.11. The number of nitrogens with two attached hydrogens (primary N) is 1. The van der Waals surface area contributed by atoms with Crippen LogP contribution in [0.25, 0.3) is 0 Å². The van der Waals surface area contributed by atoms with E-state index in [9.17, 15) is 4.79 Å². The van der Waals surface area contributed by atoms with Crippen molar-refractivity contribution in [2.24, 2.45) is 22.5 Å². The zero-order valence-corrected chi connectivity index (χ0v) is 11.8. The number of carbonyl (C=O) groups excluding carboxylic acids is 1. The lowest BCUT2D eigenvalue weighted by Gasteiger charge is -2.40. The van der Waals surface area contributed by atoms with Crippen molar-refractivity contribution >= 4 is 5.91 Å². The highest BCUT2D eigenvalue weighted by Gasteiger charge is 2.34. The second-order valence-corrected chi connectivity index (χ2v) is 6.94. The summed E-state index contributed by atoms with van der Waals surface area (Å²) in [6.45, 7) is 9.91. The molecular formula is C14H28N2O. The van der Waals surface area contributed by atoms with Crippen LogP contribution in [0.4, 0.5) is 0 Å². The van der Waals surface area contributed by atoms with Gasteiger partial charge in [0.1, 0.15) is 0 Å². The quantitative estimate of drug-likeness (QED) is 0.748. The van der Waals surface area contributed by atoms with E-state index in [1.54, 1.807) is 0 Å². The van der Waals surface area contributed by atoms with Crippen molar-refractivity contribution in [3.63, 3.8) is 0 Å². The van der Waals surface area contributed by atoms with Crippen LogP contribution in [-0.4, -0.2) is 19.0 Å². The van der Waals surface area contributed by atoms with Crippen molar-refractivity contribution in [2.45, 2.75) is 53.4 Å². The van der Waals surface area contributed by atoms with E-state index in [0.717, 1.165) is 12.5 Å². The Balaban J connectivity index is 2.32. The van der Waals surface area contributed by atoms with Gasteiger partial charge in [-0.05, 0) is 36.1 Å². The Bertz CT molecular complexity index is 267. The lowest BCUT2D eigenvalue weighted by molar-refractivity contribution is -0.123. The number of carbonyl (C=O) groups is 1. The van der Waals surface area contributed by atoms with Gasteiger partial charge in [-0.25, -0.2) is 0 Å². The lowest BCUT2D eigenvalue weighted by atomic mass is 9.67. The van der Waals surface area contributed by atoms with Crippen LogP contribution < -0.4 is 11.1 Å². The number of hydrogen-bond acceptors (Lipinski definition) is 2. The first kappa shape index (κ1) is 14.5. The van der Waals surface area contributed by atoms with Crippen molar-refractivity contribution in [2.75, 3.05) is 13.1 Å². The van der Waals surface area contributed by atoms with E-state index in [2.05, 4.69) is 19.2 Å². The highest BCUT2D eigenvalue weighted by atomic mass is 16.1. The molecule has 1 amide bonds. The molecule has 1 aliphatic rings. The standard InChI is InChI=1S/C14H28N2O/c1-13(2,9-15)8-12(17)16-10-14(3,4)11-6-5-7-11/h11H,5-10,15H2,1-4H3,(H,16,17). The van der Waals surface area contributed by atoms with Crippen LogP contribution in [0, 0.1) is 16.7 Å². The molecule has 0 heterocycles. The van der Waals surface area contributed by atoms with Crippen molar-refractivity contribution in [3.05, 3.63) is 0 Å². The molecule has 0 spiro atoms. The third kappa shape index (κ3) is 4.30. The molecule has 1 saturated carbocycles. The van der Waals surface area contributed by atoms with Crippen LogP contribution in [0.1, 0.15) is 53.4 Å². The van der Waals surface area contributed by atoms with Gasteiger partial charge in [-0.15, -0.1) is 0 Å². The monoisotopic (exact) mass is 240 g/mol. The Morgan fingerprint density at radius 3 is 2.29 bits per heavy atom. The van der Waals surface area contributed by atoms with Crippen molar-refractivity contribution in [1.29, 1.82) is 0 Å². The Labute approximate surface area is 106 Å². The second kappa shape index (κ2) is 5.38. The summed E-state index contributed by atoms with van der Waals surface area (Å²) < 4.78 is 0. The Kier molecular flexibility index (Phi) is 4.59. The molecule has 0 saturated heterocycles. The van der Waals surface area contributed by atoms with E-state index in [1.165, 1.54) is 19.3 Å². The topological polar surface area (TPSA) is 55.1 Å². The van der Waals surface area contributed by atoms with E-state index in [4.69, 9.17) is 5.73 Å². The Hall–Kier alpha value is -0.570. The van der Waals surface area contributed by atoms with Crippen LogP contribution in [0.3, 0.4) is 0 Å². The molecule has 1 fully saturated rings. The SMILES string of the molecule is CC(C)(CN)CC(=O)NCC(C)(C)C1CCC1. The minimum atomic E-state index is -0.0926. The lowest BCUT2D eigenvalue weighted by Crippen LogP contribution is -2.42. The molecule has 3 heteroatoms. The predicted octanol–water partition coefficient (Wildman–Crippen LogP) is 2.30. The molecular weight excluding hydrogens is 212 g/mol. The molecule has 0 aromatic rings. The first-order chi connectivity index (χ1) is 7.77. The van der Waals surface area contributed by atoms with Crippen molar-refractivity contribution < 1.29 is 4.79 Å². The van der Waals surface area contributed by atoms with Crippen LogP contribution in [-0.2, 0) is 4.79 Å². The number of hydrogen-bond donors (Lipinski definition) is 2. The largest absolute Gasteiger partial charge is 0.356 e. The molecule has 0 unspecified atom stereocenters. The minimum absolute atomic E-state index is 0.0926. The highest BCUT2D eigenvalue weighted by Crippen LogP contribution is 2.41. The summed E-state index contributed by atoms with van der Waals surface area (Å²) in [5.74, 6) is 0.915. The molecule has 100 valence electrons. The van der Waals surface area contributed by atoms with Gasteiger partial charge in [-0.1, -0.05) is 34.1 Å². The van der Waals surface area contributed by atoms with Gasteiger partial charge < -0.3 is 11.1 Å². The number of rotatable bonds is 6. The van der Waals surface area contributed by atoms with Crippen LogP contribution in [0.15, 0.2) is 0 Å². The van der Waals surface area contributed by atoms with Crippen LogP contribution >= 0.6 is 0 Å². The maximum Gasteiger partial charge on any atom is 0.220 e. The molecule has 0 aromatic heterocycles. The first-order valence-corrected chi connectivity index (χ1v) is 6.74. The van der Waals surface area contributed by atoms with E-state index in [0.29, 0.717) is 13.0 Å². The minimum Gasteiger partial charge on any atom is -0.356 e. The Morgan fingerprint density at radius 1 is 1.29 bits per heavy atom. The maximum absolute atomic E-state index is 11.8. The normalized spacial score (nSPS) is 17.7. The van der Waals surface area contributed by atoms with Crippen molar-refractivity contribution in [3.8, 4) is 0 Å². The van der Waals surface area contributed by atoms with Gasteiger partial charge in [0.2, 0.25) is 5.91 Å². The molecule has 1 rings (SSSR count). The van der Waals surface area contributed by atoms with Crippen molar-refractivity contribution in [1.82, 2.24) is 5.32 Å². The summed E-state index contributed by atoms with van der Waals surface area (Å²) in [6, 6.07) is 0. The van der Waals surface area contributed by atoms with Gasteiger partial charge >= 0.3 is 0 Å². The molecule has 0 bridgehead atoms. The molecule has 0 atom stereocenters. The fourth-order valence-electron chi connectivity index (χ4n) is 2.23. The average molecular weight is 240 g/mol. The van der Waals surface area contributed by atoms with Crippen LogP contribution in [0.5, 0.6) is 0 Å². The van der Waals surface area contributed by atoms with Gasteiger partial charge in [0.05, 0.1) is 0 Å². The summed E-state index contributed by atoms with van der Waals surface area (Å²) in [6.07, 6.45) is 4.50. The fraction of sp³-hybridized carbons (Fsp3) is 0.929. The smallest absolute Gasteiger partial charge is 0.220 e. The second-order valence-electron chi connectivity index (χ2n) is 6.94. The third-order valence-electron chi connectivity index (χ3n) is 4.14. The zero-order valence-electron chi connectivity index (χ0n) is 11.8. The summed E-state index contributed by atoms with van der Waals surface area (Å²) >= 11 is 0. The number of amides is 1. The molecule has 3 nitrogen and oxygen atoms in total. The van der Waals surface area contributed by atoms with E-state index < -0.39 is 0 Å². The molecule has 0 aliphatic heterocycles. The highest BCUT2D eigenvalue weighted by molar-refractivity contribution is 5.76. The van der Waals surface area contributed by atoms with Gasteiger partial charge in [-0.2, -0.15) is 0 Å². The predicted molar refractivity (Wildman–Crippen MR) is 71.6 cm³/mol. The maximum atomic E-state index is 11.8. The molecule has 0 aromatic carbocycles. The molecule has 1 aliphatic carbocycles. The zero-order chi connectivity index (χ0) is 13.1. The van der Waals surface area contributed by atoms with Gasteiger partial charge in [0.25, 0.3) is 0 Å². The fourth-order valence-corrected chi connectivity index (χ4v) is 2.23. The molecule has 0 radical (unpaired) electrons. The molecule has 17 heavy (non-hydrogen) atoms. The number of nitrogens with one attached hydrogen (secondary N) is 1. The summed E-state index contributed by atoms with van der Waals surface area (Å²) in [5.41, 5.74) is 5.78. The third-order valence-corrected chi connectivity index (χ3v) is 4.14. The Morgan fingerprint density at radius 2 is 1.88 bits per heavy atom. The van der Waals surface area contributed by atoms with Gasteiger partial charge in [-0.3, -0.25) is 4.79 Å². The molecule has 3 N–H and O–H groups in total. The van der Waals surface area contributed by atoms with E-state index in [-0.39, 0.29) is 16.7 Å².